The van der Waals surface area contributed by atoms with Gasteiger partial charge in [-0.1, -0.05) is 26.7 Å². The van der Waals surface area contributed by atoms with Crippen LogP contribution in [0.1, 0.15) is 39.5 Å². The molecule has 0 aliphatic carbocycles. The summed E-state index contributed by atoms with van der Waals surface area (Å²) in [5.74, 6) is 0.830. The third-order valence-corrected chi connectivity index (χ3v) is 3.46. The molecule has 0 aliphatic heterocycles. The Morgan fingerprint density at radius 1 is 0.875 bits per heavy atom. The van der Waals surface area contributed by atoms with Crippen LogP contribution in [0.25, 0.3) is 0 Å². The maximum atomic E-state index is 5.52. The fourth-order valence-electron chi connectivity index (χ4n) is 1.94. The first-order valence-corrected chi connectivity index (χ1v) is 9.03. The molecular weight excluding hydrogens is 419 g/mol. The standard InChI is InChI=1S/C17H38N4O2.HI/c1-5-7-11-21(4)12-9-19-17(18-3)20-10-14-23-16-15-22-13-8-6-2;/h5-16H2,1-4H3,(H2,18,19,20);1H. The number of guanidine groups is 1. The van der Waals surface area contributed by atoms with E-state index >= 15 is 0 Å². The maximum Gasteiger partial charge on any atom is 0.191 e. The Kier molecular flexibility index (Phi) is 22.8. The Balaban J connectivity index is 0. The zero-order valence-corrected chi connectivity index (χ0v) is 18.4. The van der Waals surface area contributed by atoms with Crippen molar-refractivity contribution in [3.8, 4) is 0 Å². The Labute approximate surface area is 166 Å². The number of halogens is 1. The van der Waals surface area contributed by atoms with E-state index in [9.17, 15) is 0 Å². The maximum absolute atomic E-state index is 5.52. The molecule has 0 spiro atoms. The molecule has 146 valence electrons. The second-order valence-electron chi connectivity index (χ2n) is 5.66. The van der Waals surface area contributed by atoms with Gasteiger partial charge in [-0.2, -0.15) is 0 Å². The number of nitrogens with zero attached hydrogens (tertiary/aromatic N) is 2. The van der Waals surface area contributed by atoms with Gasteiger partial charge in [-0.05, 0) is 26.4 Å². The van der Waals surface area contributed by atoms with Crippen molar-refractivity contribution in [1.82, 2.24) is 15.5 Å². The molecule has 2 N–H and O–H groups in total. The van der Waals surface area contributed by atoms with Gasteiger partial charge in [0.05, 0.1) is 19.8 Å². The third-order valence-electron chi connectivity index (χ3n) is 3.46. The number of rotatable bonds is 15. The third kappa shape index (κ3) is 18.2. The van der Waals surface area contributed by atoms with Crippen LogP contribution in [0.5, 0.6) is 0 Å². The van der Waals surface area contributed by atoms with Crippen molar-refractivity contribution in [2.24, 2.45) is 4.99 Å². The van der Waals surface area contributed by atoms with Crippen LogP contribution in [0.3, 0.4) is 0 Å². The van der Waals surface area contributed by atoms with Crippen LogP contribution in [0.4, 0.5) is 0 Å². The van der Waals surface area contributed by atoms with Crippen LogP contribution >= 0.6 is 24.0 Å². The largest absolute Gasteiger partial charge is 0.379 e. The molecule has 6 nitrogen and oxygen atoms in total. The fraction of sp³-hybridized carbons (Fsp3) is 0.941. The van der Waals surface area contributed by atoms with E-state index in [0.29, 0.717) is 19.8 Å². The lowest BCUT2D eigenvalue weighted by atomic mass is 10.3. The Morgan fingerprint density at radius 2 is 1.50 bits per heavy atom. The Bertz CT molecular complexity index is 281. The van der Waals surface area contributed by atoms with Gasteiger partial charge in [-0.25, -0.2) is 0 Å². The zero-order valence-electron chi connectivity index (χ0n) is 16.1. The van der Waals surface area contributed by atoms with Crippen LogP contribution in [0.15, 0.2) is 4.99 Å². The molecule has 0 atom stereocenters. The summed E-state index contributed by atoms with van der Waals surface area (Å²) in [6.07, 6.45) is 4.79. The van der Waals surface area contributed by atoms with Crippen LogP contribution in [-0.4, -0.2) is 77.6 Å². The van der Waals surface area contributed by atoms with E-state index in [4.69, 9.17) is 9.47 Å². The van der Waals surface area contributed by atoms with Gasteiger partial charge < -0.3 is 25.0 Å². The molecular formula is C17H39IN4O2. The van der Waals surface area contributed by atoms with E-state index in [0.717, 1.165) is 45.2 Å². The van der Waals surface area contributed by atoms with Crippen LogP contribution < -0.4 is 10.6 Å². The minimum Gasteiger partial charge on any atom is -0.379 e. The smallest absolute Gasteiger partial charge is 0.191 e. The molecule has 0 aromatic carbocycles. The minimum absolute atomic E-state index is 0. The number of nitrogens with one attached hydrogen (secondary N) is 2. The molecule has 0 saturated carbocycles. The summed E-state index contributed by atoms with van der Waals surface area (Å²) in [6.45, 7) is 11.0. The number of ether oxygens (including phenoxy) is 2. The zero-order chi connectivity index (χ0) is 17.2. The number of hydrogen-bond donors (Lipinski definition) is 2. The lowest BCUT2D eigenvalue weighted by molar-refractivity contribution is 0.0487. The van der Waals surface area contributed by atoms with Crippen LogP contribution in [0, 0.1) is 0 Å². The lowest BCUT2D eigenvalue weighted by Crippen LogP contribution is -2.42. The number of unbranched alkanes of at least 4 members (excludes halogenated alkanes) is 2. The summed E-state index contributed by atoms with van der Waals surface area (Å²) in [6, 6.07) is 0. The summed E-state index contributed by atoms with van der Waals surface area (Å²) in [7, 11) is 3.95. The van der Waals surface area contributed by atoms with Crippen molar-refractivity contribution in [2.45, 2.75) is 39.5 Å². The first kappa shape index (κ1) is 26.1. The summed E-state index contributed by atoms with van der Waals surface area (Å²) < 4.78 is 11.0. The van der Waals surface area contributed by atoms with Crippen molar-refractivity contribution in [2.75, 3.05) is 66.7 Å². The van der Waals surface area contributed by atoms with E-state index in [1.807, 2.05) is 0 Å². The highest BCUT2D eigenvalue weighted by Crippen LogP contribution is 1.90. The van der Waals surface area contributed by atoms with Crippen molar-refractivity contribution in [3.05, 3.63) is 0 Å². The molecule has 0 aliphatic rings. The van der Waals surface area contributed by atoms with Gasteiger partial charge in [0, 0.05) is 33.3 Å². The predicted molar refractivity (Wildman–Crippen MR) is 114 cm³/mol. The molecule has 0 aromatic rings. The number of aliphatic imine (C=N–C) groups is 1. The van der Waals surface area contributed by atoms with Gasteiger partial charge >= 0.3 is 0 Å². The van der Waals surface area contributed by atoms with Crippen molar-refractivity contribution in [3.63, 3.8) is 0 Å². The first-order valence-electron chi connectivity index (χ1n) is 9.03. The van der Waals surface area contributed by atoms with Gasteiger partial charge in [0.1, 0.15) is 0 Å². The molecule has 0 bridgehead atoms. The van der Waals surface area contributed by atoms with Crippen molar-refractivity contribution >= 4 is 29.9 Å². The Hall–Kier alpha value is -0.120. The van der Waals surface area contributed by atoms with E-state index in [-0.39, 0.29) is 24.0 Å². The minimum atomic E-state index is 0. The normalized spacial score (nSPS) is 11.5. The van der Waals surface area contributed by atoms with Crippen molar-refractivity contribution < 1.29 is 9.47 Å². The summed E-state index contributed by atoms with van der Waals surface area (Å²) in [5, 5.41) is 6.57. The van der Waals surface area contributed by atoms with Gasteiger partial charge in [0.15, 0.2) is 5.96 Å². The van der Waals surface area contributed by atoms with Gasteiger partial charge in [0.25, 0.3) is 0 Å². The molecule has 0 rings (SSSR count). The number of likely N-dealkylation sites (N-methyl/N-ethyl adjacent to an activating group) is 1. The summed E-state index contributed by atoms with van der Waals surface area (Å²) in [5.41, 5.74) is 0. The highest BCUT2D eigenvalue weighted by Gasteiger charge is 2.00. The summed E-state index contributed by atoms with van der Waals surface area (Å²) in [4.78, 5) is 6.55. The second kappa shape index (κ2) is 20.9. The first-order chi connectivity index (χ1) is 11.2. The monoisotopic (exact) mass is 458 g/mol. The molecule has 0 amide bonds. The van der Waals surface area contributed by atoms with Gasteiger partial charge in [0.2, 0.25) is 0 Å². The molecule has 24 heavy (non-hydrogen) atoms. The Morgan fingerprint density at radius 3 is 2.12 bits per heavy atom. The average molecular weight is 458 g/mol. The molecule has 0 aromatic heterocycles. The molecule has 0 saturated heterocycles. The fourth-order valence-corrected chi connectivity index (χ4v) is 1.94. The van der Waals surface area contributed by atoms with E-state index in [1.165, 1.54) is 19.3 Å². The van der Waals surface area contributed by atoms with Gasteiger partial charge in [-0.3, -0.25) is 4.99 Å². The average Bonchev–Trinajstić information content (AvgIpc) is 2.56. The summed E-state index contributed by atoms with van der Waals surface area (Å²) >= 11 is 0. The highest BCUT2D eigenvalue weighted by atomic mass is 127. The lowest BCUT2D eigenvalue weighted by Gasteiger charge is -2.18. The van der Waals surface area contributed by atoms with E-state index < -0.39 is 0 Å². The SMILES string of the molecule is CCCCOCCOCCNC(=NC)NCCN(C)CCCC.I. The van der Waals surface area contributed by atoms with Crippen molar-refractivity contribution in [1.29, 1.82) is 0 Å². The molecule has 0 heterocycles. The van der Waals surface area contributed by atoms with E-state index in [1.54, 1.807) is 7.05 Å². The quantitative estimate of drug-likeness (QED) is 0.171. The highest BCUT2D eigenvalue weighted by molar-refractivity contribution is 14.0. The predicted octanol–water partition coefficient (Wildman–Crippen LogP) is 2.33. The van der Waals surface area contributed by atoms with Crippen LogP contribution in [0.2, 0.25) is 0 Å². The molecule has 0 radical (unpaired) electrons. The molecule has 0 fully saturated rings. The van der Waals surface area contributed by atoms with E-state index in [2.05, 4.69) is 41.4 Å². The van der Waals surface area contributed by atoms with Crippen LogP contribution in [-0.2, 0) is 9.47 Å². The second-order valence-corrected chi connectivity index (χ2v) is 5.66. The molecule has 7 heteroatoms. The molecule has 0 unspecified atom stereocenters. The topological polar surface area (TPSA) is 58.1 Å². The van der Waals surface area contributed by atoms with Gasteiger partial charge in [-0.15, -0.1) is 24.0 Å². The number of hydrogen-bond acceptors (Lipinski definition) is 4.